The zero-order chi connectivity index (χ0) is 10.9. The van der Waals surface area contributed by atoms with Crippen molar-refractivity contribution in [2.45, 2.75) is 24.5 Å². The Morgan fingerprint density at radius 3 is 3.07 bits per heavy atom. The highest BCUT2D eigenvalue weighted by atomic mass is 32.2. The maximum absolute atomic E-state index is 8.76. The molecule has 1 aromatic rings. The van der Waals surface area contributed by atoms with Gasteiger partial charge < -0.3 is 9.84 Å². The maximum Gasteiger partial charge on any atom is 0.209 e. The Morgan fingerprint density at radius 2 is 2.33 bits per heavy atom. The summed E-state index contributed by atoms with van der Waals surface area (Å²) in [6.07, 6.45) is 2.12. The number of unbranched alkanes of at least 4 members (excludes halogenated alkanes) is 1. The first-order valence-electron chi connectivity index (χ1n) is 4.87. The lowest BCUT2D eigenvalue weighted by Crippen LogP contribution is -2.05. The zero-order valence-electron chi connectivity index (χ0n) is 8.80. The summed E-state index contributed by atoms with van der Waals surface area (Å²) in [5.41, 5.74) is 0. The van der Waals surface area contributed by atoms with Crippen LogP contribution < -0.4 is 0 Å². The molecule has 0 aromatic carbocycles. The summed E-state index contributed by atoms with van der Waals surface area (Å²) in [4.78, 5) is 0. The van der Waals surface area contributed by atoms with Gasteiger partial charge in [0.2, 0.25) is 5.16 Å². The molecule has 0 aliphatic carbocycles. The molecule has 0 fully saturated rings. The van der Waals surface area contributed by atoms with E-state index in [4.69, 9.17) is 9.84 Å². The van der Waals surface area contributed by atoms with Gasteiger partial charge in [0.25, 0.3) is 0 Å². The first-order chi connectivity index (χ1) is 7.38. The molecular weight excluding hydrogens is 216 g/mol. The molecule has 1 heterocycles. The van der Waals surface area contributed by atoms with E-state index < -0.39 is 0 Å². The third kappa shape index (κ3) is 4.59. The van der Waals surface area contributed by atoms with E-state index in [1.807, 2.05) is 0 Å². The van der Waals surface area contributed by atoms with Crippen molar-refractivity contribution in [2.24, 2.45) is 0 Å². The average Bonchev–Trinajstić information content (AvgIpc) is 2.66. The molecule has 1 N–H and O–H groups in total. The minimum absolute atomic E-state index is 0.0578. The van der Waals surface area contributed by atoms with E-state index in [-0.39, 0.29) is 6.61 Å². The molecular formula is C8H16N4O2S. The minimum Gasteiger partial charge on any atom is -0.394 e. The molecule has 0 saturated heterocycles. The van der Waals surface area contributed by atoms with Crippen molar-refractivity contribution in [1.29, 1.82) is 0 Å². The number of tetrazole rings is 1. The second kappa shape index (κ2) is 7.61. The van der Waals surface area contributed by atoms with Gasteiger partial charge in [0.05, 0.1) is 13.2 Å². The number of thioether (sulfide) groups is 1. The van der Waals surface area contributed by atoms with Gasteiger partial charge in [-0.05, 0) is 23.3 Å². The minimum atomic E-state index is 0.0578. The number of aromatic nitrogens is 4. The lowest BCUT2D eigenvalue weighted by Gasteiger charge is -2.01. The molecule has 0 bridgehead atoms. The molecule has 7 heteroatoms. The van der Waals surface area contributed by atoms with Crippen LogP contribution in [0.3, 0.4) is 0 Å². The van der Waals surface area contributed by atoms with E-state index in [1.165, 1.54) is 0 Å². The van der Waals surface area contributed by atoms with Crippen molar-refractivity contribution < 1.29 is 9.84 Å². The van der Waals surface area contributed by atoms with Crippen LogP contribution in [0.2, 0.25) is 0 Å². The Labute approximate surface area is 93.0 Å². The summed E-state index contributed by atoms with van der Waals surface area (Å²) in [6, 6.07) is 0. The lowest BCUT2D eigenvalue weighted by atomic mass is 10.4. The highest BCUT2D eigenvalue weighted by Gasteiger charge is 2.04. The first-order valence-corrected chi connectivity index (χ1v) is 5.85. The molecule has 6 nitrogen and oxygen atoms in total. The Kier molecular flexibility index (Phi) is 6.29. The molecule has 1 aromatic heterocycles. The van der Waals surface area contributed by atoms with Gasteiger partial charge in [-0.2, -0.15) is 0 Å². The van der Waals surface area contributed by atoms with Gasteiger partial charge in [-0.1, -0.05) is 11.8 Å². The Bertz CT molecular complexity index is 269. The van der Waals surface area contributed by atoms with Gasteiger partial charge in [-0.25, -0.2) is 4.68 Å². The van der Waals surface area contributed by atoms with Crippen LogP contribution in [0.25, 0.3) is 0 Å². The van der Waals surface area contributed by atoms with Crippen LogP contribution in [0.5, 0.6) is 0 Å². The third-order valence-corrected chi connectivity index (χ3v) is 2.83. The van der Waals surface area contributed by atoms with Crippen LogP contribution in [0.1, 0.15) is 12.8 Å². The van der Waals surface area contributed by atoms with Crippen molar-refractivity contribution in [3.05, 3.63) is 0 Å². The van der Waals surface area contributed by atoms with Gasteiger partial charge in [0, 0.05) is 19.5 Å². The van der Waals surface area contributed by atoms with Gasteiger partial charge >= 0.3 is 0 Å². The SMILES string of the molecule is COCCCCSc1nnnn1CCO. The van der Waals surface area contributed by atoms with E-state index in [0.29, 0.717) is 6.54 Å². The lowest BCUT2D eigenvalue weighted by molar-refractivity contribution is 0.194. The molecule has 0 atom stereocenters. The molecule has 86 valence electrons. The highest BCUT2D eigenvalue weighted by molar-refractivity contribution is 7.99. The van der Waals surface area contributed by atoms with Gasteiger partial charge in [0.15, 0.2) is 0 Å². The van der Waals surface area contributed by atoms with E-state index in [1.54, 1.807) is 23.6 Å². The number of aliphatic hydroxyl groups excluding tert-OH is 1. The summed E-state index contributed by atoms with van der Waals surface area (Å²) < 4.78 is 6.57. The summed E-state index contributed by atoms with van der Waals surface area (Å²) >= 11 is 1.60. The summed E-state index contributed by atoms with van der Waals surface area (Å²) in [6.45, 7) is 1.30. The molecule has 0 radical (unpaired) electrons. The summed E-state index contributed by atoms with van der Waals surface area (Å²) in [5.74, 6) is 0.967. The first kappa shape index (κ1) is 12.4. The van der Waals surface area contributed by atoms with Crippen molar-refractivity contribution in [3.8, 4) is 0 Å². The molecule has 1 rings (SSSR count). The number of aliphatic hydroxyl groups is 1. The van der Waals surface area contributed by atoms with Crippen molar-refractivity contribution in [3.63, 3.8) is 0 Å². The number of nitrogens with zero attached hydrogens (tertiary/aromatic N) is 4. The number of rotatable bonds is 8. The topological polar surface area (TPSA) is 73.1 Å². The molecule has 0 aliphatic rings. The Hall–Kier alpha value is -0.660. The van der Waals surface area contributed by atoms with E-state index in [0.717, 1.165) is 30.4 Å². The van der Waals surface area contributed by atoms with Crippen LogP contribution in [-0.4, -0.2) is 51.4 Å². The van der Waals surface area contributed by atoms with Crippen LogP contribution >= 0.6 is 11.8 Å². The zero-order valence-corrected chi connectivity index (χ0v) is 9.61. The molecule has 0 amide bonds. The van der Waals surface area contributed by atoms with E-state index in [9.17, 15) is 0 Å². The Balaban J connectivity index is 2.21. The standard InChI is InChI=1S/C8H16N4O2S/c1-14-6-2-3-7-15-8-9-10-11-12(8)4-5-13/h13H,2-7H2,1H3. The summed E-state index contributed by atoms with van der Waals surface area (Å²) in [5, 5.41) is 20.7. The fourth-order valence-corrected chi connectivity index (χ4v) is 1.95. The number of methoxy groups -OCH3 is 1. The highest BCUT2D eigenvalue weighted by Crippen LogP contribution is 2.15. The van der Waals surface area contributed by atoms with Crippen molar-refractivity contribution in [2.75, 3.05) is 26.1 Å². The largest absolute Gasteiger partial charge is 0.394 e. The fourth-order valence-electron chi connectivity index (χ4n) is 1.05. The predicted molar refractivity (Wildman–Crippen MR) is 56.7 cm³/mol. The fraction of sp³-hybridized carbons (Fsp3) is 0.875. The molecule has 15 heavy (non-hydrogen) atoms. The van der Waals surface area contributed by atoms with Crippen molar-refractivity contribution >= 4 is 11.8 Å². The molecule has 0 saturated carbocycles. The van der Waals surface area contributed by atoms with Gasteiger partial charge in [-0.3, -0.25) is 0 Å². The number of ether oxygens (including phenoxy) is 1. The predicted octanol–water partition coefficient (Wildman–Crippen LogP) is 0.184. The monoisotopic (exact) mass is 232 g/mol. The van der Waals surface area contributed by atoms with Crippen LogP contribution in [-0.2, 0) is 11.3 Å². The number of hydrogen-bond acceptors (Lipinski definition) is 6. The van der Waals surface area contributed by atoms with Gasteiger partial charge in [-0.15, -0.1) is 5.10 Å². The van der Waals surface area contributed by atoms with Crippen LogP contribution in [0.15, 0.2) is 5.16 Å². The summed E-state index contributed by atoms with van der Waals surface area (Å²) in [7, 11) is 1.70. The maximum atomic E-state index is 8.76. The third-order valence-electron chi connectivity index (χ3n) is 1.78. The van der Waals surface area contributed by atoms with E-state index in [2.05, 4.69) is 15.5 Å². The molecule has 0 spiro atoms. The molecule has 0 unspecified atom stereocenters. The van der Waals surface area contributed by atoms with Crippen molar-refractivity contribution in [1.82, 2.24) is 20.2 Å². The number of hydrogen-bond donors (Lipinski definition) is 1. The molecule has 0 aliphatic heterocycles. The second-order valence-electron chi connectivity index (χ2n) is 2.96. The van der Waals surface area contributed by atoms with Crippen LogP contribution in [0, 0.1) is 0 Å². The second-order valence-corrected chi connectivity index (χ2v) is 4.02. The van der Waals surface area contributed by atoms with Gasteiger partial charge in [0.1, 0.15) is 0 Å². The normalized spacial score (nSPS) is 10.8. The smallest absolute Gasteiger partial charge is 0.209 e. The van der Waals surface area contributed by atoms with Crippen LogP contribution in [0.4, 0.5) is 0 Å². The van der Waals surface area contributed by atoms with E-state index >= 15 is 0 Å². The Morgan fingerprint density at radius 1 is 1.47 bits per heavy atom. The quantitative estimate of drug-likeness (QED) is 0.509. The average molecular weight is 232 g/mol.